The zero-order valence-electron chi connectivity index (χ0n) is 25.8. The van der Waals surface area contributed by atoms with Crippen LogP contribution in [0.15, 0.2) is 103 Å². The standard InChI is InChI=1S/C37H40N2O5/c1-26(2)36(41)39(34-18-11-8-13-27(34)3)23-12-24-44-30-21-19-28(20-22-30)25-33(37(42)43-4)38-32-17-10-9-16-31(32)35(40)29-14-6-5-7-15-29/h5-11,13-22,26,33,38H,12,23-25H2,1-4H3. The average Bonchev–Trinajstić information content (AvgIpc) is 3.05. The zero-order valence-corrected chi connectivity index (χ0v) is 25.8. The predicted octanol–water partition coefficient (Wildman–Crippen LogP) is 6.88. The van der Waals surface area contributed by atoms with Crippen LogP contribution in [-0.4, -0.2) is 44.0 Å². The summed E-state index contributed by atoms with van der Waals surface area (Å²) in [4.78, 5) is 40.7. The minimum absolute atomic E-state index is 0.0875. The Bertz CT molecular complexity index is 1550. The summed E-state index contributed by atoms with van der Waals surface area (Å²) >= 11 is 0. The lowest BCUT2D eigenvalue weighted by molar-refractivity contribution is -0.141. The summed E-state index contributed by atoms with van der Waals surface area (Å²) in [5, 5.41) is 3.24. The van der Waals surface area contributed by atoms with Crippen LogP contribution < -0.4 is 15.0 Å². The molecule has 0 saturated heterocycles. The van der Waals surface area contributed by atoms with Crippen LogP contribution in [0.3, 0.4) is 0 Å². The normalized spacial score (nSPS) is 11.5. The number of hydrogen-bond donors (Lipinski definition) is 1. The van der Waals surface area contributed by atoms with E-state index in [4.69, 9.17) is 9.47 Å². The third kappa shape index (κ3) is 8.34. The molecule has 4 aromatic rings. The average molecular weight is 593 g/mol. The van der Waals surface area contributed by atoms with Gasteiger partial charge >= 0.3 is 5.97 Å². The number of ether oxygens (including phenoxy) is 2. The lowest BCUT2D eigenvalue weighted by Crippen LogP contribution is -2.36. The van der Waals surface area contributed by atoms with E-state index < -0.39 is 12.0 Å². The van der Waals surface area contributed by atoms with Crippen molar-refractivity contribution in [1.29, 1.82) is 0 Å². The van der Waals surface area contributed by atoms with E-state index in [0.29, 0.717) is 48.6 Å². The van der Waals surface area contributed by atoms with Gasteiger partial charge in [-0.3, -0.25) is 9.59 Å². The van der Waals surface area contributed by atoms with Crippen molar-refractivity contribution in [1.82, 2.24) is 0 Å². The van der Waals surface area contributed by atoms with Gasteiger partial charge < -0.3 is 19.7 Å². The summed E-state index contributed by atoms with van der Waals surface area (Å²) in [6.07, 6.45) is 1.02. The Hall–Kier alpha value is -4.91. The molecule has 0 aliphatic heterocycles. The number of carbonyl (C=O) groups excluding carboxylic acids is 3. The molecule has 44 heavy (non-hydrogen) atoms. The number of aryl methyl sites for hydroxylation is 1. The minimum Gasteiger partial charge on any atom is -0.494 e. The Morgan fingerprint density at radius 1 is 0.818 bits per heavy atom. The number of esters is 1. The number of ketones is 1. The maximum atomic E-state index is 13.2. The van der Waals surface area contributed by atoms with Crippen LogP contribution in [0.1, 0.15) is 47.3 Å². The Labute approximate surface area is 259 Å². The van der Waals surface area contributed by atoms with Gasteiger partial charge in [-0.1, -0.05) is 86.6 Å². The molecule has 0 saturated carbocycles. The van der Waals surface area contributed by atoms with Gasteiger partial charge in [0.2, 0.25) is 5.91 Å². The molecule has 0 fully saturated rings. The highest BCUT2D eigenvalue weighted by Crippen LogP contribution is 2.24. The van der Waals surface area contributed by atoms with Crippen LogP contribution in [0.4, 0.5) is 11.4 Å². The first-order valence-corrected chi connectivity index (χ1v) is 14.9. The van der Waals surface area contributed by atoms with Crippen LogP contribution in [-0.2, 0) is 20.7 Å². The second-order valence-electron chi connectivity index (χ2n) is 10.9. The lowest BCUT2D eigenvalue weighted by Gasteiger charge is -2.26. The molecule has 1 atom stereocenters. The number of methoxy groups -OCH3 is 1. The van der Waals surface area contributed by atoms with Crippen molar-refractivity contribution in [3.8, 4) is 5.75 Å². The number of hydrogen-bond acceptors (Lipinski definition) is 6. The van der Waals surface area contributed by atoms with E-state index >= 15 is 0 Å². The van der Waals surface area contributed by atoms with Crippen molar-refractivity contribution < 1.29 is 23.9 Å². The van der Waals surface area contributed by atoms with Crippen LogP contribution >= 0.6 is 0 Å². The first kappa shape index (κ1) is 32.0. The largest absolute Gasteiger partial charge is 0.494 e. The molecule has 0 heterocycles. The van der Waals surface area contributed by atoms with Crippen molar-refractivity contribution in [2.75, 3.05) is 30.5 Å². The molecule has 1 N–H and O–H groups in total. The molecular weight excluding hydrogens is 552 g/mol. The number of anilines is 2. The quantitative estimate of drug-likeness (QED) is 0.0976. The van der Waals surface area contributed by atoms with Gasteiger partial charge in [-0.15, -0.1) is 0 Å². The molecule has 228 valence electrons. The molecular formula is C37H40N2O5. The predicted molar refractivity (Wildman–Crippen MR) is 174 cm³/mol. The van der Waals surface area contributed by atoms with Crippen molar-refractivity contribution in [2.24, 2.45) is 5.92 Å². The summed E-state index contributed by atoms with van der Waals surface area (Å²) in [6.45, 7) is 6.84. The van der Waals surface area contributed by atoms with Gasteiger partial charge in [0.05, 0.1) is 13.7 Å². The Balaban J connectivity index is 1.37. The maximum absolute atomic E-state index is 13.2. The molecule has 0 radical (unpaired) electrons. The summed E-state index contributed by atoms with van der Waals surface area (Å²) in [5.74, 6) is 0.122. The molecule has 7 heteroatoms. The SMILES string of the molecule is COC(=O)C(Cc1ccc(OCCCN(C(=O)C(C)C)c2ccccc2C)cc1)Nc1ccccc1C(=O)c1ccccc1. The van der Waals surface area contributed by atoms with E-state index in [1.165, 1.54) is 7.11 Å². The third-order valence-electron chi connectivity index (χ3n) is 7.35. The lowest BCUT2D eigenvalue weighted by atomic mass is 10.00. The summed E-state index contributed by atoms with van der Waals surface area (Å²) in [7, 11) is 1.35. The number of carbonyl (C=O) groups is 3. The van der Waals surface area contributed by atoms with Crippen molar-refractivity contribution in [3.63, 3.8) is 0 Å². The number of rotatable bonds is 14. The summed E-state index contributed by atoms with van der Waals surface area (Å²) in [6, 6.07) is 31.0. The van der Waals surface area contributed by atoms with E-state index in [1.807, 2.05) is 98.5 Å². The highest BCUT2D eigenvalue weighted by molar-refractivity contribution is 6.12. The van der Waals surface area contributed by atoms with Gasteiger partial charge in [0.15, 0.2) is 5.78 Å². The molecule has 1 unspecified atom stereocenters. The van der Waals surface area contributed by atoms with Crippen LogP contribution in [0.2, 0.25) is 0 Å². The Morgan fingerprint density at radius 3 is 2.16 bits per heavy atom. The van der Waals surface area contributed by atoms with Gasteiger partial charge in [0, 0.05) is 41.4 Å². The van der Waals surface area contributed by atoms with Gasteiger partial charge in [-0.05, 0) is 54.8 Å². The highest BCUT2D eigenvalue weighted by atomic mass is 16.5. The van der Waals surface area contributed by atoms with Crippen molar-refractivity contribution >= 4 is 29.0 Å². The zero-order chi connectivity index (χ0) is 31.5. The maximum Gasteiger partial charge on any atom is 0.328 e. The Kier molecular flexibility index (Phi) is 11.3. The third-order valence-corrected chi connectivity index (χ3v) is 7.35. The molecule has 0 aliphatic rings. The monoisotopic (exact) mass is 592 g/mol. The van der Waals surface area contributed by atoms with Crippen LogP contribution in [0, 0.1) is 12.8 Å². The summed E-state index contributed by atoms with van der Waals surface area (Å²) in [5.41, 5.74) is 4.50. The molecule has 1 amide bonds. The fourth-order valence-corrected chi connectivity index (χ4v) is 4.97. The van der Waals surface area contributed by atoms with E-state index in [0.717, 1.165) is 16.8 Å². The fraction of sp³-hybridized carbons (Fsp3) is 0.270. The van der Waals surface area contributed by atoms with Gasteiger partial charge in [-0.25, -0.2) is 4.79 Å². The van der Waals surface area contributed by atoms with Crippen molar-refractivity contribution in [3.05, 3.63) is 125 Å². The number of para-hydroxylation sites is 2. The minimum atomic E-state index is -0.706. The molecule has 0 spiro atoms. The van der Waals surface area contributed by atoms with E-state index in [1.54, 1.807) is 30.3 Å². The molecule has 4 rings (SSSR count). The first-order chi connectivity index (χ1) is 21.3. The van der Waals surface area contributed by atoms with E-state index in [9.17, 15) is 14.4 Å². The van der Waals surface area contributed by atoms with Gasteiger partial charge in [0.1, 0.15) is 11.8 Å². The topological polar surface area (TPSA) is 84.9 Å². The molecule has 4 aromatic carbocycles. The van der Waals surface area contributed by atoms with Gasteiger partial charge in [-0.2, -0.15) is 0 Å². The number of amides is 1. The van der Waals surface area contributed by atoms with Gasteiger partial charge in [0.25, 0.3) is 0 Å². The molecule has 0 bridgehead atoms. The smallest absolute Gasteiger partial charge is 0.328 e. The summed E-state index contributed by atoms with van der Waals surface area (Å²) < 4.78 is 11.1. The fourth-order valence-electron chi connectivity index (χ4n) is 4.97. The van der Waals surface area contributed by atoms with Crippen LogP contribution in [0.5, 0.6) is 5.75 Å². The van der Waals surface area contributed by atoms with E-state index in [-0.39, 0.29) is 17.6 Å². The molecule has 0 aromatic heterocycles. The Morgan fingerprint density at radius 2 is 1.48 bits per heavy atom. The number of nitrogens with one attached hydrogen (secondary N) is 1. The second-order valence-corrected chi connectivity index (χ2v) is 10.9. The molecule has 0 aliphatic carbocycles. The molecule has 7 nitrogen and oxygen atoms in total. The number of benzene rings is 4. The van der Waals surface area contributed by atoms with E-state index in [2.05, 4.69) is 5.32 Å². The van der Waals surface area contributed by atoms with Crippen molar-refractivity contribution in [2.45, 2.75) is 39.7 Å². The highest BCUT2D eigenvalue weighted by Gasteiger charge is 2.23. The first-order valence-electron chi connectivity index (χ1n) is 14.9. The number of nitrogens with zero attached hydrogens (tertiary/aromatic N) is 1. The second kappa shape index (κ2) is 15.5. The van der Waals surface area contributed by atoms with Crippen LogP contribution in [0.25, 0.3) is 0 Å².